The first kappa shape index (κ1) is 17.8. The number of carbonyl (C=O) groups is 1. The zero-order valence-corrected chi connectivity index (χ0v) is 14.5. The molecule has 0 saturated carbocycles. The fourth-order valence-corrected chi connectivity index (χ4v) is 3.00. The number of amides is 1. The Morgan fingerprint density at radius 3 is 2.61 bits per heavy atom. The van der Waals surface area contributed by atoms with Crippen molar-refractivity contribution in [2.45, 2.75) is 52.2 Å². The molecule has 1 heterocycles. The van der Waals surface area contributed by atoms with E-state index in [1.165, 1.54) is 12.8 Å². The SMILES string of the molecule is CC(C)NCCCC1CCN(C(=O)OCc2ccccc2)CC1. The van der Waals surface area contributed by atoms with Crippen molar-refractivity contribution < 1.29 is 9.53 Å². The Morgan fingerprint density at radius 2 is 1.96 bits per heavy atom. The van der Waals surface area contributed by atoms with Gasteiger partial charge in [-0.1, -0.05) is 44.2 Å². The van der Waals surface area contributed by atoms with E-state index in [4.69, 9.17) is 4.74 Å². The fraction of sp³-hybridized carbons (Fsp3) is 0.632. The molecule has 0 aliphatic carbocycles. The van der Waals surface area contributed by atoms with E-state index < -0.39 is 0 Å². The summed E-state index contributed by atoms with van der Waals surface area (Å²) in [7, 11) is 0. The van der Waals surface area contributed by atoms with Crippen molar-refractivity contribution in [3.63, 3.8) is 0 Å². The molecule has 23 heavy (non-hydrogen) atoms. The van der Waals surface area contributed by atoms with Crippen LogP contribution in [0.4, 0.5) is 4.79 Å². The summed E-state index contributed by atoms with van der Waals surface area (Å²) in [5.41, 5.74) is 1.04. The summed E-state index contributed by atoms with van der Waals surface area (Å²) in [6, 6.07) is 10.4. The van der Waals surface area contributed by atoms with E-state index in [0.717, 1.165) is 44.0 Å². The Hall–Kier alpha value is -1.55. The lowest BCUT2D eigenvalue weighted by Crippen LogP contribution is -2.38. The van der Waals surface area contributed by atoms with Gasteiger partial charge in [0.2, 0.25) is 0 Å². The van der Waals surface area contributed by atoms with E-state index in [2.05, 4.69) is 19.2 Å². The number of benzene rings is 1. The molecule has 4 heteroatoms. The van der Waals surface area contributed by atoms with Gasteiger partial charge in [0, 0.05) is 19.1 Å². The van der Waals surface area contributed by atoms with Crippen LogP contribution < -0.4 is 5.32 Å². The summed E-state index contributed by atoms with van der Waals surface area (Å²) in [5.74, 6) is 0.752. The molecule has 1 aromatic carbocycles. The van der Waals surface area contributed by atoms with Gasteiger partial charge in [0.05, 0.1) is 0 Å². The molecule has 1 N–H and O–H groups in total. The second-order valence-electron chi connectivity index (χ2n) is 6.72. The number of piperidine rings is 1. The quantitative estimate of drug-likeness (QED) is 0.777. The van der Waals surface area contributed by atoms with Gasteiger partial charge in [-0.3, -0.25) is 0 Å². The lowest BCUT2D eigenvalue weighted by Gasteiger charge is -2.31. The molecule has 1 aromatic rings. The molecule has 1 saturated heterocycles. The molecule has 1 fully saturated rings. The summed E-state index contributed by atoms with van der Waals surface area (Å²) in [6.45, 7) is 7.47. The maximum absolute atomic E-state index is 12.1. The zero-order chi connectivity index (χ0) is 16.5. The Labute approximate surface area is 140 Å². The number of likely N-dealkylation sites (tertiary alicyclic amines) is 1. The van der Waals surface area contributed by atoms with E-state index >= 15 is 0 Å². The van der Waals surface area contributed by atoms with Gasteiger partial charge in [0.15, 0.2) is 0 Å². The number of nitrogens with zero attached hydrogens (tertiary/aromatic N) is 1. The van der Waals surface area contributed by atoms with Crippen LogP contribution in [0.1, 0.15) is 45.1 Å². The number of nitrogens with one attached hydrogen (secondary N) is 1. The van der Waals surface area contributed by atoms with Gasteiger partial charge in [-0.2, -0.15) is 0 Å². The highest BCUT2D eigenvalue weighted by Crippen LogP contribution is 2.22. The van der Waals surface area contributed by atoms with Crippen LogP contribution in [0.5, 0.6) is 0 Å². The van der Waals surface area contributed by atoms with Crippen LogP contribution in [0.15, 0.2) is 30.3 Å². The molecule has 0 bridgehead atoms. The van der Waals surface area contributed by atoms with Crippen molar-refractivity contribution in [3.05, 3.63) is 35.9 Å². The first-order valence-electron chi connectivity index (χ1n) is 8.84. The lowest BCUT2D eigenvalue weighted by molar-refractivity contribution is 0.0813. The third-order valence-electron chi connectivity index (χ3n) is 4.42. The van der Waals surface area contributed by atoms with Gasteiger partial charge in [-0.15, -0.1) is 0 Å². The molecule has 0 unspecified atom stereocenters. The maximum atomic E-state index is 12.1. The van der Waals surface area contributed by atoms with E-state index in [-0.39, 0.29) is 6.09 Å². The van der Waals surface area contributed by atoms with Gasteiger partial charge < -0.3 is 15.0 Å². The van der Waals surface area contributed by atoms with Crippen LogP contribution in [0.3, 0.4) is 0 Å². The van der Waals surface area contributed by atoms with E-state index in [1.54, 1.807) is 0 Å². The molecule has 1 aliphatic heterocycles. The van der Waals surface area contributed by atoms with Gasteiger partial charge >= 0.3 is 6.09 Å². The summed E-state index contributed by atoms with van der Waals surface area (Å²) < 4.78 is 5.40. The van der Waals surface area contributed by atoms with Crippen LogP contribution >= 0.6 is 0 Å². The predicted octanol–water partition coefficient (Wildman–Crippen LogP) is 3.81. The Kier molecular flexibility index (Phi) is 7.40. The van der Waals surface area contributed by atoms with Crippen LogP contribution in [0, 0.1) is 5.92 Å². The number of rotatable bonds is 7. The average Bonchev–Trinajstić information content (AvgIpc) is 2.58. The van der Waals surface area contributed by atoms with Crippen LogP contribution in [-0.4, -0.2) is 36.7 Å². The number of carbonyl (C=O) groups excluding carboxylic acids is 1. The minimum absolute atomic E-state index is 0.172. The third kappa shape index (κ3) is 6.61. The normalized spacial score (nSPS) is 15.9. The van der Waals surface area contributed by atoms with Gasteiger partial charge in [0.25, 0.3) is 0 Å². The molecular formula is C19H30N2O2. The largest absolute Gasteiger partial charge is 0.445 e. The maximum Gasteiger partial charge on any atom is 0.410 e. The molecule has 1 amide bonds. The number of hydrogen-bond donors (Lipinski definition) is 1. The van der Waals surface area contributed by atoms with Crippen molar-refractivity contribution in [2.24, 2.45) is 5.92 Å². The fourth-order valence-electron chi connectivity index (χ4n) is 3.00. The van der Waals surface area contributed by atoms with Crippen molar-refractivity contribution in [3.8, 4) is 0 Å². The predicted molar refractivity (Wildman–Crippen MR) is 93.3 cm³/mol. The van der Waals surface area contributed by atoms with Gasteiger partial charge in [0.1, 0.15) is 6.61 Å². The average molecular weight is 318 g/mol. The first-order valence-corrected chi connectivity index (χ1v) is 8.84. The first-order chi connectivity index (χ1) is 11.1. The molecular weight excluding hydrogens is 288 g/mol. The van der Waals surface area contributed by atoms with Crippen molar-refractivity contribution in [2.75, 3.05) is 19.6 Å². The molecule has 0 spiro atoms. The third-order valence-corrected chi connectivity index (χ3v) is 4.42. The standard InChI is InChI=1S/C19H30N2O2/c1-16(2)20-12-6-9-17-10-13-21(14-11-17)19(22)23-15-18-7-4-3-5-8-18/h3-5,7-8,16-17,20H,6,9-15H2,1-2H3. The summed E-state index contributed by atoms with van der Waals surface area (Å²) in [5, 5.41) is 3.46. The van der Waals surface area contributed by atoms with Crippen LogP contribution in [0.25, 0.3) is 0 Å². The van der Waals surface area contributed by atoms with Crippen molar-refractivity contribution in [1.82, 2.24) is 10.2 Å². The minimum atomic E-state index is -0.172. The summed E-state index contributed by atoms with van der Waals surface area (Å²) in [4.78, 5) is 14.0. The lowest BCUT2D eigenvalue weighted by atomic mass is 9.92. The summed E-state index contributed by atoms with van der Waals surface area (Å²) >= 11 is 0. The Morgan fingerprint density at radius 1 is 1.26 bits per heavy atom. The van der Waals surface area contributed by atoms with E-state index in [1.807, 2.05) is 35.2 Å². The molecule has 2 rings (SSSR count). The van der Waals surface area contributed by atoms with Gasteiger partial charge in [-0.05, 0) is 43.7 Å². The molecule has 128 valence electrons. The second kappa shape index (κ2) is 9.56. The highest BCUT2D eigenvalue weighted by molar-refractivity contribution is 5.67. The highest BCUT2D eigenvalue weighted by Gasteiger charge is 2.23. The number of hydrogen-bond acceptors (Lipinski definition) is 3. The zero-order valence-electron chi connectivity index (χ0n) is 14.5. The highest BCUT2D eigenvalue weighted by atomic mass is 16.6. The van der Waals surface area contributed by atoms with Crippen LogP contribution in [0.2, 0.25) is 0 Å². The van der Waals surface area contributed by atoms with Crippen molar-refractivity contribution >= 4 is 6.09 Å². The second-order valence-corrected chi connectivity index (χ2v) is 6.72. The molecule has 1 aliphatic rings. The van der Waals surface area contributed by atoms with Crippen LogP contribution in [-0.2, 0) is 11.3 Å². The van der Waals surface area contributed by atoms with E-state index in [0.29, 0.717) is 12.6 Å². The smallest absolute Gasteiger partial charge is 0.410 e. The van der Waals surface area contributed by atoms with Crippen molar-refractivity contribution in [1.29, 1.82) is 0 Å². The topological polar surface area (TPSA) is 41.6 Å². The molecule has 0 aromatic heterocycles. The molecule has 0 atom stereocenters. The monoisotopic (exact) mass is 318 g/mol. The Balaban J connectivity index is 1.61. The molecule has 4 nitrogen and oxygen atoms in total. The number of ether oxygens (including phenoxy) is 1. The minimum Gasteiger partial charge on any atom is -0.445 e. The van der Waals surface area contributed by atoms with E-state index in [9.17, 15) is 4.79 Å². The molecule has 0 radical (unpaired) electrons. The van der Waals surface area contributed by atoms with Gasteiger partial charge in [-0.25, -0.2) is 4.79 Å². The summed E-state index contributed by atoms with van der Waals surface area (Å²) in [6.07, 6.45) is 4.51. The Bertz CT molecular complexity index is 454.